The van der Waals surface area contributed by atoms with Crippen LogP contribution in [-0.4, -0.2) is 22.6 Å². The van der Waals surface area contributed by atoms with Crippen molar-refractivity contribution in [2.24, 2.45) is 0 Å². The summed E-state index contributed by atoms with van der Waals surface area (Å²) < 4.78 is 0. The van der Waals surface area contributed by atoms with E-state index in [1.54, 1.807) is 11.3 Å². The van der Waals surface area contributed by atoms with Crippen molar-refractivity contribution in [1.82, 2.24) is 4.98 Å². The second-order valence-corrected chi connectivity index (χ2v) is 4.85. The first kappa shape index (κ1) is 12.9. The summed E-state index contributed by atoms with van der Waals surface area (Å²) in [5.74, 6) is -0.532. The molecule has 0 spiro atoms. The molecule has 2 rings (SSSR count). The van der Waals surface area contributed by atoms with Gasteiger partial charge >= 0.3 is 5.97 Å². The highest BCUT2D eigenvalue weighted by molar-refractivity contribution is 7.07. The van der Waals surface area contributed by atoms with Gasteiger partial charge in [-0.2, -0.15) is 11.3 Å². The molecular weight excluding hydrogens is 272 g/mol. The number of carboxylic acid groups (broad SMARTS) is 1. The third-order valence-electron chi connectivity index (χ3n) is 2.39. The van der Waals surface area contributed by atoms with Crippen molar-refractivity contribution in [3.05, 3.63) is 45.2 Å². The molecule has 0 amide bonds. The summed E-state index contributed by atoms with van der Waals surface area (Å²) in [6, 6.07) is 3.50. The van der Waals surface area contributed by atoms with E-state index < -0.39 is 5.97 Å². The Balaban J connectivity index is 1.97. The van der Waals surface area contributed by atoms with Gasteiger partial charge in [0.25, 0.3) is 0 Å². The number of rotatable bonds is 5. The molecule has 0 saturated carbocycles. The van der Waals surface area contributed by atoms with Crippen LogP contribution in [0, 0.1) is 0 Å². The van der Waals surface area contributed by atoms with Crippen LogP contribution in [0.15, 0.2) is 29.1 Å². The highest BCUT2D eigenvalue weighted by Crippen LogP contribution is 2.18. The fourth-order valence-corrected chi connectivity index (χ4v) is 2.36. The monoisotopic (exact) mass is 282 g/mol. The molecule has 0 aliphatic heterocycles. The van der Waals surface area contributed by atoms with Crippen LogP contribution in [0.1, 0.15) is 15.9 Å². The van der Waals surface area contributed by atoms with E-state index >= 15 is 0 Å². The molecule has 0 aliphatic rings. The van der Waals surface area contributed by atoms with Crippen LogP contribution < -0.4 is 5.32 Å². The Morgan fingerprint density at radius 2 is 2.39 bits per heavy atom. The maximum absolute atomic E-state index is 10.9. The predicted molar refractivity (Wildman–Crippen MR) is 72.7 cm³/mol. The largest absolute Gasteiger partial charge is 0.478 e. The van der Waals surface area contributed by atoms with Crippen molar-refractivity contribution < 1.29 is 9.90 Å². The highest BCUT2D eigenvalue weighted by Gasteiger charge is 2.10. The van der Waals surface area contributed by atoms with Gasteiger partial charge in [-0.05, 0) is 34.9 Å². The van der Waals surface area contributed by atoms with E-state index in [9.17, 15) is 4.79 Å². The van der Waals surface area contributed by atoms with Crippen molar-refractivity contribution in [2.45, 2.75) is 6.42 Å². The molecule has 2 aromatic heterocycles. The topological polar surface area (TPSA) is 62.2 Å². The van der Waals surface area contributed by atoms with Gasteiger partial charge < -0.3 is 10.4 Å². The molecule has 2 heterocycles. The summed E-state index contributed by atoms with van der Waals surface area (Å²) >= 11 is 7.39. The average molecular weight is 283 g/mol. The number of carboxylic acids is 1. The molecule has 0 aliphatic carbocycles. The molecule has 0 unspecified atom stereocenters. The average Bonchev–Trinajstić information content (AvgIpc) is 2.84. The molecule has 2 aromatic rings. The molecule has 0 radical (unpaired) electrons. The number of halogens is 1. The molecule has 0 bridgehead atoms. The molecule has 2 N–H and O–H groups in total. The third-order valence-corrected chi connectivity index (χ3v) is 3.42. The molecule has 0 atom stereocenters. The van der Waals surface area contributed by atoms with Crippen molar-refractivity contribution >= 4 is 34.7 Å². The maximum atomic E-state index is 10.9. The number of hydrogen-bond donors (Lipinski definition) is 2. The van der Waals surface area contributed by atoms with Crippen molar-refractivity contribution in [3.63, 3.8) is 0 Å². The number of nitrogens with zero attached hydrogens (tertiary/aromatic N) is 1. The lowest BCUT2D eigenvalue weighted by Gasteiger charge is -2.06. The van der Waals surface area contributed by atoms with Crippen LogP contribution in [0.4, 0.5) is 5.82 Å². The molecular formula is C12H11ClN2O2S. The number of pyridine rings is 1. The molecule has 0 fully saturated rings. The number of aromatic carboxylic acids is 1. The normalized spacial score (nSPS) is 10.3. The zero-order chi connectivity index (χ0) is 13.0. The maximum Gasteiger partial charge on any atom is 0.337 e. The number of anilines is 1. The van der Waals surface area contributed by atoms with Gasteiger partial charge in [0.2, 0.25) is 0 Å². The Hall–Kier alpha value is -1.59. The van der Waals surface area contributed by atoms with Crippen molar-refractivity contribution in [1.29, 1.82) is 0 Å². The van der Waals surface area contributed by atoms with E-state index in [-0.39, 0.29) is 10.6 Å². The summed E-state index contributed by atoms with van der Waals surface area (Å²) in [6.07, 6.45) is 2.22. The zero-order valence-corrected chi connectivity index (χ0v) is 11.0. The SMILES string of the molecule is O=C(O)c1cc(NCCc2ccsc2)ncc1Cl. The minimum absolute atomic E-state index is 0.0599. The lowest BCUT2D eigenvalue weighted by molar-refractivity contribution is 0.0697. The Labute approximate surface area is 113 Å². The standard InChI is InChI=1S/C12H11ClN2O2S/c13-10-6-15-11(5-9(10)12(16)17)14-3-1-8-2-4-18-7-8/h2,4-7H,1,3H2,(H,14,15)(H,16,17). The van der Waals surface area contributed by atoms with E-state index in [2.05, 4.69) is 21.7 Å². The van der Waals surface area contributed by atoms with Crippen LogP contribution in [-0.2, 0) is 6.42 Å². The Morgan fingerprint density at radius 3 is 3.06 bits per heavy atom. The van der Waals surface area contributed by atoms with Gasteiger partial charge in [-0.1, -0.05) is 11.6 Å². The number of thiophene rings is 1. The van der Waals surface area contributed by atoms with Gasteiger partial charge in [-0.15, -0.1) is 0 Å². The minimum Gasteiger partial charge on any atom is -0.478 e. The molecule has 6 heteroatoms. The molecule has 0 aromatic carbocycles. The number of carbonyl (C=O) groups is 1. The number of hydrogen-bond acceptors (Lipinski definition) is 4. The fourth-order valence-electron chi connectivity index (χ4n) is 1.47. The molecule has 18 heavy (non-hydrogen) atoms. The van der Waals surface area contributed by atoms with Gasteiger partial charge in [-0.25, -0.2) is 9.78 Å². The second-order valence-electron chi connectivity index (χ2n) is 3.66. The van der Waals surface area contributed by atoms with Crippen molar-refractivity contribution in [2.75, 3.05) is 11.9 Å². The number of nitrogens with one attached hydrogen (secondary N) is 1. The third kappa shape index (κ3) is 3.21. The van der Waals surface area contributed by atoms with Gasteiger partial charge in [0, 0.05) is 12.7 Å². The van der Waals surface area contributed by atoms with Crippen molar-refractivity contribution in [3.8, 4) is 0 Å². The van der Waals surface area contributed by atoms with Gasteiger partial charge in [-0.3, -0.25) is 0 Å². The first-order valence-electron chi connectivity index (χ1n) is 5.30. The summed E-state index contributed by atoms with van der Waals surface area (Å²) in [4.78, 5) is 14.9. The minimum atomic E-state index is -1.05. The Bertz CT molecular complexity index is 543. The van der Waals surface area contributed by atoms with Crippen LogP contribution in [0.3, 0.4) is 0 Å². The van der Waals surface area contributed by atoms with E-state index in [0.29, 0.717) is 12.4 Å². The summed E-state index contributed by atoms with van der Waals surface area (Å²) in [6.45, 7) is 0.699. The van der Waals surface area contributed by atoms with Crippen LogP contribution in [0.2, 0.25) is 5.02 Å². The first-order chi connectivity index (χ1) is 8.66. The van der Waals surface area contributed by atoms with Crippen LogP contribution in [0.25, 0.3) is 0 Å². The van der Waals surface area contributed by atoms with E-state index in [1.165, 1.54) is 17.8 Å². The zero-order valence-electron chi connectivity index (χ0n) is 9.39. The number of aromatic nitrogens is 1. The second kappa shape index (κ2) is 5.84. The highest BCUT2D eigenvalue weighted by atomic mass is 35.5. The lowest BCUT2D eigenvalue weighted by Crippen LogP contribution is -2.07. The van der Waals surface area contributed by atoms with E-state index in [0.717, 1.165) is 6.42 Å². The predicted octanol–water partition coefficient (Wildman–Crippen LogP) is 3.15. The summed E-state index contributed by atoms with van der Waals surface area (Å²) in [7, 11) is 0. The lowest BCUT2D eigenvalue weighted by atomic mass is 10.2. The first-order valence-corrected chi connectivity index (χ1v) is 6.62. The Kier molecular flexibility index (Phi) is 4.17. The fraction of sp³-hybridized carbons (Fsp3) is 0.167. The smallest absolute Gasteiger partial charge is 0.337 e. The van der Waals surface area contributed by atoms with Crippen LogP contribution in [0.5, 0.6) is 0 Å². The Morgan fingerprint density at radius 1 is 1.56 bits per heavy atom. The quantitative estimate of drug-likeness (QED) is 0.884. The van der Waals surface area contributed by atoms with E-state index in [4.69, 9.17) is 16.7 Å². The molecule has 4 nitrogen and oxygen atoms in total. The van der Waals surface area contributed by atoms with Gasteiger partial charge in [0.1, 0.15) is 5.82 Å². The molecule has 0 saturated heterocycles. The van der Waals surface area contributed by atoms with Gasteiger partial charge in [0.05, 0.1) is 10.6 Å². The summed E-state index contributed by atoms with van der Waals surface area (Å²) in [5, 5.41) is 16.3. The molecule has 94 valence electrons. The van der Waals surface area contributed by atoms with E-state index in [1.807, 2.05) is 5.38 Å². The van der Waals surface area contributed by atoms with Gasteiger partial charge in [0.15, 0.2) is 0 Å². The summed E-state index contributed by atoms with van der Waals surface area (Å²) in [5.41, 5.74) is 1.31. The van der Waals surface area contributed by atoms with Crippen LogP contribution >= 0.6 is 22.9 Å².